The topological polar surface area (TPSA) is 32.8 Å². The van der Waals surface area contributed by atoms with E-state index in [-0.39, 0.29) is 17.7 Å². The second kappa shape index (κ2) is 8.26. The molecule has 7 heteroatoms. The fourth-order valence-corrected chi connectivity index (χ4v) is 2.98. The zero-order chi connectivity index (χ0) is 18.4. The van der Waals surface area contributed by atoms with Gasteiger partial charge in [0.25, 0.3) is 0 Å². The van der Waals surface area contributed by atoms with Crippen LogP contribution in [0.1, 0.15) is 24.8 Å². The van der Waals surface area contributed by atoms with Crippen molar-refractivity contribution in [3.8, 4) is 18.1 Å². The van der Waals surface area contributed by atoms with Gasteiger partial charge < -0.3 is 9.64 Å². The number of halogens is 3. The average Bonchev–Trinajstić information content (AvgIpc) is 2.55. The van der Waals surface area contributed by atoms with Gasteiger partial charge in [-0.1, -0.05) is 24.5 Å². The minimum Gasteiger partial charge on any atom is -0.406 e. The second-order valence-electron chi connectivity index (χ2n) is 6.07. The number of piperidine rings is 1. The van der Waals surface area contributed by atoms with Crippen molar-refractivity contribution >= 4 is 5.91 Å². The maximum absolute atomic E-state index is 12.7. The number of carbonyl (C=O) groups is 1. The number of likely N-dealkylation sites (N-methyl/N-ethyl adjacent to an activating group) is 1. The molecule has 1 atom stereocenters. The summed E-state index contributed by atoms with van der Waals surface area (Å²) in [5.74, 6) is 2.28. The first-order valence-electron chi connectivity index (χ1n) is 8.07. The van der Waals surface area contributed by atoms with Crippen molar-refractivity contribution in [3.63, 3.8) is 0 Å². The molecule has 1 aliphatic heterocycles. The predicted octanol–water partition coefficient (Wildman–Crippen LogP) is 3.03. The Morgan fingerprint density at radius 2 is 2.04 bits per heavy atom. The first-order valence-corrected chi connectivity index (χ1v) is 8.07. The quantitative estimate of drug-likeness (QED) is 0.762. The highest BCUT2D eigenvalue weighted by Gasteiger charge is 2.31. The van der Waals surface area contributed by atoms with Crippen LogP contribution in [0.15, 0.2) is 24.3 Å². The monoisotopic (exact) mass is 354 g/mol. The minimum absolute atomic E-state index is 0.0226. The molecule has 0 saturated carbocycles. The van der Waals surface area contributed by atoms with Gasteiger partial charge in [-0.3, -0.25) is 9.69 Å². The van der Waals surface area contributed by atoms with Crippen molar-refractivity contribution in [1.29, 1.82) is 0 Å². The predicted molar refractivity (Wildman–Crippen MR) is 87.6 cm³/mol. The van der Waals surface area contributed by atoms with Crippen molar-refractivity contribution in [2.24, 2.45) is 0 Å². The summed E-state index contributed by atoms with van der Waals surface area (Å²) in [6.07, 6.45) is 3.43. The largest absolute Gasteiger partial charge is 0.573 e. The summed E-state index contributed by atoms with van der Waals surface area (Å²) in [4.78, 5) is 16.3. The molecule has 25 heavy (non-hydrogen) atoms. The number of terminal acetylenes is 1. The van der Waals surface area contributed by atoms with E-state index < -0.39 is 6.36 Å². The molecule has 1 aromatic rings. The van der Waals surface area contributed by atoms with E-state index in [1.807, 2.05) is 4.90 Å². The summed E-state index contributed by atoms with van der Waals surface area (Å²) in [7, 11) is 1.69. The average molecular weight is 354 g/mol. The highest BCUT2D eigenvalue weighted by Crippen LogP contribution is 2.23. The Bertz CT molecular complexity index is 623. The Kier molecular flexibility index (Phi) is 6.32. The van der Waals surface area contributed by atoms with Gasteiger partial charge in [0, 0.05) is 13.6 Å². The van der Waals surface area contributed by atoms with E-state index >= 15 is 0 Å². The van der Waals surface area contributed by atoms with E-state index in [1.54, 1.807) is 11.9 Å². The SMILES string of the molecule is C#CCN1CCCCC1C(=O)N(C)Cc1ccc(OC(F)(F)F)cc1. The van der Waals surface area contributed by atoms with E-state index in [0.717, 1.165) is 31.4 Å². The molecule has 1 saturated heterocycles. The van der Waals surface area contributed by atoms with Crippen LogP contribution in [0.25, 0.3) is 0 Å². The Balaban J connectivity index is 1.97. The maximum Gasteiger partial charge on any atom is 0.573 e. The first-order chi connectivity index (χ1) is 11.8. The number of benzene rings is 1. The first kappa shape index (κ1) is 19.1. The van der Waals surface area contributed by atoms with Crippen molar-refractivity contribution < 1.29 is 22.7 Å². The number of nitrogens with zero attached hydrogens (tertiary/aromatic N) is 2. The molecule has 1 heterocycles. The Hall–Kier alpha value is -2.20. The number of alkyl halides is 3. The van der Waals surface area contributed by atoms with Crippen molar-refractivity contribution in [2.75, 3.05) is 20.1 Å². The zero-order valence-corrected chi connectivity index (χ0v) is 14.1. The van der Waals surface area contributed by atoms with E-state index in [0.29, 0.717) is 13.1 Å². The molecule has 1 unspecified atom stereocenters. The minimum atomic E-state index is -4.71. The molecule has 2 rings (SSSR count). The summed E-state index contributed by atoms with van der Waals surface area (Å²) in [6.45, 7) is 1.55. The smallest absolute Gasteiger partial charge is 0.406 e. The third-order valence-electron chi connectivity index (χ3n) is 4.15. The highest BCUT2D eigenvalue weighted by molar-refractivity contribution is 5.81. The van der Waals surface area contributed by atoms with Crippen LogP contribution in [0.5, 0.6) is 5.75 Å². The number of carbonyl (C=O) groups excluding carboxylic acids is 1. The van der Waals surface area contributed by atoms with Gasteiger partial charge in [0.1, 0.15) is 5.75 Å². The third kappa shape index (κ3) is 5.68. The lowest BCUT2D eigenvalue weighted by Gasteiger charge is -2.35. The Morgan fingerprint density at radius 1 is 1.36 bits per heavy atom. The molecule has 0 bridgehead atoms. The molecule has 0 spiro atoms. The number of rotatable bonds is 5. The van der Waals surface area contributed by atoms with Crippen LogP contribution in [0.4, 0.5) is 13.2 Å². The number of amides is 1. The maximum atomic E-state index is 12.7. The molecule has 0 radical (unpaired) electrons. The van der Waals surface area contributed by atoms with Crippen molar-refractivity contribution in [1.82, 2.24) is 9.80 Å². The van der Waals surface area contributed by atoms with Crippen LogP contribution < -0.4 is 4.74 Å². The van der Waals surface area contributed by atoms with E-state index in [2.05, 4.69) is 10.7 Å². The van der Waals surface area contributed by atoms with Gasteiger partial charge in [0.15, 0.2) is 0 Å². The lowest BCUT2D eigenvalue weighted by molar-refractivity contribution is -0.274. The van der Waals surface area contributed by atoms with Gasteiger partial charge in [0.05, 0.1) is 12.6 Å². The summed E-state index contributed by atoms with van der Waals surface area (Å²) < 4.78 is 40.3. The Labute approximate surface area is 145 Å². The Morgan fingerprint density at radius 3 is 2.64 bits per heavy atom. The lowest BCUT2D eigenvalue weighted by atomic mass is 10.0. The normalized spacial score (nSPS) is 18.4. The fraction of sp³-hybridized carbons (Fsp3) is 0.500. The van der Waals surface area contributed by atoms with E-state index in [4.69, 9.17) is 6.42 Å². The molecule has 1 fully saturated rings. The molecule has 4 nitrogen and oxygen atoms in total. The lowest BCUT2D eigenvalue weighted by Crippen LogP contribution is -2.49. The van der Waals surface area contributed by atoms with Crippen LogP contribution in [0.2, 0.25) is 0 Å². The highest BCUT2D eigenvalue weighted by atomic mass is 19.4. The van der Waals surface area contributed by atoms with Crippen LogP contribution in [-0.4, -0.2) is 48.2 Å². The number of ether oxygens (including phenoxy) is 1. The van der Waals surface area contributed by atoms with Gasteiger partial charge in [-0.2, -0.15) is 0 Å². The third-order valence-corrected chi connectivity index (χ3v) is 4.15. The van der Waals surface area contributed by atoms with E-state index in [1.165, 1.54) is 24.3 Å². The van der Waals surface area contributed by atoms with Crippen LogP contribution in [0, 0.1) is 12.3 Å². The van der Waals surface area contributed by atoms with E-state index in [9.17, 15) is 18.0 Å². The van der Waals surface area contributed by atoms with Gasteiger partial charge in [-0.05, 0) is 37.1 Å². The molecule has 1 aliphatic rings. The summed E-state index contributed by atoms with van der Waals surface area (Å²) in [6, 6.07) is 5.29. The van der Waals surface area contributed by atoms with Gasteiger partial charge >= 0.3 is 6.36 Å². The summed E-state index contributed by atoms with van der Waals surface area (Å²) in [5.41, 5.74) is 0.727. The molecule has 1 amide bonds. The molecule has 0 aromatic heterocycles. The number of likely N-dealkylation sites (tertiary alicyclic amines) is 1. The molecular weight excluding hydrogens is 333 g/mol. The fourth-order valence-electron chi connectivity index (χ4n) is 2.98. The zero-order valence-electron chi connectivity index (χ0n) is 14.1. The number of hydrogen-bond donors (Lipinski definition) is 0. The van der Waals surface area contributed by atoms with Crippen LogP contribution in [0.3, 0.4) is 0 Å². The molecule has 1 aromatic carbocycles. The van der Waals surface area contributed by atoms with Crippen LogP contribution >= 0.6 is 0 Å². The summed E-state index contributed by atoms with van der Waals surface area (Å²) >= 11 is 0. The van der Waals surface area contributed by atoms with Crippen molar-refractivity contribution in [2.45, 2.75) is 38.2 Å². The van der Waals surface area contributed by atoms with Crippen molar-refractivity contribution in [3.05, 3.63) is 29.8 Å². The van der Waals surface area contributed by atoms with Gasteiger partial charge in [-0.15, -0.1) is 19.6 Å². The molecule has 136 valence electrons. The van der Waals surface area contributed by atoms with Gasteiger partial charge in [0.2, 0.25) is 5.91 Å². The molecule has 0 aliphatic carbocycles. The standard InChI is InChI=1S/C18H21F3N2O2/c1-3-11-23-12-5-4-6-16(23)17(24)22(2)13-14-7-9-15(10-8-14)25-18(19,20)21/h1,7-10,16H,4-6,11-13H2,2H3. The molecular formula is C18H21F3N2O2. The second-order valence-corrected chi connectivity index (χ2v) is 6.07. The summed E-state index contributed by atoms with van der Waals surface area (Å²) in [5, 5.41) is 0. The van der Waals surface area contributed by atoms with Crippen LogP contribution in [-0.2, 0) is 11.3 Å². The van der Waals surface area contributed by atoms with Gasteiger partial charge in [-0.25, -0.2) is 0 Å². The number of hydrogen-bond acceptors (Lipinski definition) is 3. The molecule has 0 N–H and O–H groups in total.